The Kier molecular flexibility index (Phi) is 5.74. The van der Waals surface area contributed by atoms with Gasteiger partial charge in [0, 0.05) is 24.3 Å². The van der Waals surface area contributed by atoms with Gasteiger partial charge < -0.3 is 5.32 Å². The van der Waals surface area contributed by atoms with Gasteiger partial charge in [0.1, 0.15) is 0 Å². The first-order chi connectivity index (χ1) is 12.8. The highest BCUT2D eigenvalue weighted by atomic mass is 79.9. The van der Waals surface area contributed by atoms with Gasteiger partial charge in [-0.1, -0.05) is 47.0 Å². The fourth-order valence-electron chi connectivity index (χ4n) is 3.59. The third kappa shape index (κ3) is 3.95. The lowest BCUT2D eigenvalue weighted by Gasteiger charge is -2.28. The Morgan fingerprint density at radius 3 is 2.30 bits per heavy atom. The summed E-state index contributed by atoms with van der Waals surface area (Å²) in [4.78, 5) is 13.4. The van der Waals surface area contributed by atoms with Crippen molar-refractivity contribution >= 4 is 37.5 Å². The lowest BCUT2D eigenvalue weighted by atomic mass is 9.78. The van der Waals surface area contributed by atoms with Crippen molar-refractivity contribution in [2.24, 2.45) is 0 Å². The number of carbonyl (C=O) groups excluding carboxylic acids is 1. The second-order valence-electron chi connectivity index (χ2n) is 7.07. The van der Waals surface area contributed by atoms with Crippen LogP contribution in [0, 0.1) is 0 Å². The Bertz CT molecular complexity index is 934. The van der Waals surface area contributed by atoms with Crippen LogP contribution >= 0.6 is 15.9 Å². The number of anilines is 1. The average Bonchev–Trinajstić information content (AvgIpc) is 3.13. The molecule has 2 aromatic rings. The summed E-state index contributed by atoms with van der Waals surface area (Å²) in [5.74, 6) is -0.0817. The van der Waals surface area contributed by atoms with Crippen molar-refractivity contribution in [1.82, 2.24) is 4.31 Å². The molecule has 5 nitrogen and oxygen atoms in total. The summed E-state index contributed by atoms with van der Waals surface area (Å²) in [6.07, 6.45) is 3.57. The monoisotopic (exact) mass is 450 g/mol. The van der Waals surface area contributed by atoms with Crippen molar-refractivity contribution in [2.45, 2.75) is 36.0 Å². The first kappa shape index (κ1) is 20.0. The Hall–Kier alpha value is -1.70. The summed E-state index contributed by atoms with van der Waals surface area (Å²) in [7, 11) is -0.574. The normalized spacial score (nSPS) is 16.4. The fraction of sp³-hybridized carbons (Fsp3) is 0.350. The first-order valence-electron chi connectivity index (χ1n) is 8.86. The summed E-state index contributed by atoms with van der Waals surface area (Å²) in [6, 6.07) is 14.3. The number of sulfonamides is 1. The Morgan fingerprint density at radius 2 is 1.70 bits per heavy atom. The smallest absolute Gasteiger partial charge is 0.242 e. The fourth-order valence-corrected chi connectivity index (χ4v) is 4.80. The number of halogens is 1. The summed E-state index contributed by atoms with van der Waals surface area (Å²) in [6.45, 7) is 0. The molecular formula is C20H23BrN2O3S. The van der Waals surface area contributed by atoms with Gasteiger partial charge in [-0.2, -0.15) is 0 Å². The van der Waals surface area contributed by atoms with Crippen LogP contribution in [-0.4, -0.2) is 32.7 Å². The molecule has 0 radical (unpaired) electrons. The van der Waals surface area contributed by atoms with Crippen LogP contribution in [0.5, 0.6) is 0 Å². The molecule has 0 heterocycles. The molecule has 0 unspecified atom stereocenters. The van der Waals surface area contributed by atoms with Crippen LogP contribution in [0.3, 0.4) is 0 Å². The number of nitrogens with zero attached hydrogens (tertiary/aromatic N) is 1. The number of carbonyl (C=O) groups is 1. The van der Waals surface area contributed by atoms with E-state index in [1.54, 1.807) is 12.1 Å². The van der Waals surface area contributed by atoms with E-state index in [9.17, 15) is 13.2 Å². The van der Waals surface area contributed by atoms with E-state index < -0.39 is 15.4 Å². The highest BCUT2D eigenvalue weighted by Gasteiger charge is 2.42. The van der Waals surface area contributed by atoms with Crippen LogP contribution in [0.25, 0.3) is 0 Å². The van der Waals surface area contributed by atoms with Crippen LogP contribution in [0.2, 0.25) is 0 Å². The third-order valence-corrected chi connectivity index (χ3v) is 7.50. The van der Waals surface area contributed by atoms with Gasteiger partial charge in [-0.15, -0.1) is 0 Å². The third-order valence-electron chi connectivity index (χ3n) is 5.16. The second kappa shape index (κ2) is 7.73. The Morgan fingerprint density at radius 1 is 1.07 bits per heavy atom. The summed E-state index contributed by atoms with van der Waals surface area (Å²) in [5.41, 5.74) is 0.918. The second-order valence-corrected chi connectivity index (χ2v) is 10.1. The average molecular weight is 451 g/mol. The minimum atomic E-state index is -3.55. The molecule has 0 spiro atoms. The molecule has 0 aliphatic heterocycles. The highest BCUT2D eigenvalue weighted by molar-refractivity contribution is 9.10. The minimum Gasteiger partial charge on any atom is -0.325 e. The maximum atomic E-state index is 13.2. The van der Waals surface area contributed by atoms with Crippen LogP contribution in [0.15, 0.2) is 57.9 Å². The van der Waals surface area contributed by atoms with E-state index in [1.165, 1.54) is 26.2 Å². The zero-order chi connectivity index (χ0) is 19.7. The molecule has 0 aromatic heterocycles. The number of benzene rings is 2. The van der Waals surface area contributed by atoms with E-state index in [0.29, 0.717) is 5.69 Å². The maximum absolute atomic E-state index is 13.2. The molecule has 1 aliphatic carbocycles. The molecule has 1 saturated carbocycles. The van der Waals surface area contributed by atoms with Crippen LogP contribution in [-0.2, 0) is 20.2 Å². The number of nitrogens with one attached hydrogen (secondary N) is 1. The van der Waals surface area contributed by atoms with E-state index in [0.717, 1.165) is 40.0 Å². The number of amides is 1. The molecule has 1 N–H and O–H groups in total. The van der Waals surface area contributed by atoms with Crippen LogP contribution in [0.1, 0.15) is 31.2 Å². The highest BCUT2D eigenvalue weighted by Crippen LogP contribution is 2.42. The molecule has 1 fully saturated rings. The zero-order valence-corrected chi connectivity index (χ0v) is 17.8. The molecule has 1 aliphatic rings. The van der Waals surface area contributed by atoms with Crippen molar-refractivity contribution in [2.75, 3.05) is 19.4 Å². The molecule has 144 valence electrons. The largest absolute Gasteiger partial charge is 0.325 e. The number of rotatable bonds is 5. The molecular weight excluding hydrogens is 428 g/mol. The Labute approximate surface area is 169 Å². The molecule has 0 saturated heterocycles. The molecule has 1 amide bonds. The summed E-state index contributed by atoms with van der Waals surface area (Å²) < 4.78 is 26.8. The number of hydrogen-bond acceptors (Lipinski definition) is 3. The van der Waals surface area contributed by atoms with E-state index >= 15 is 0 Å². The predicted molar refractivity (Wildman–Crippen MR) is 110 cm³/mol. The van der Waals surface area contributed by atoms with Gasteiger partial charge >= 0.3 is 0 Å². The van der Waals surface area contributed by atoms with Crippen molar-refractivity contribution in [1.29, 1.82) is 0 Å². The van der Waals surface area contributed by atoms with E-state index in [4.69, 9.17) is 0 Å². The Balaban J connectivity index is 1.91. The van der Waals surface area contributed by atoms with Crippen molar-refractivity contribution in [3.05, 3.63) is 58.6 Å². The van der Waals surface area contributed by atoms with Gasteiger partial charge in [0.05, 0.1) is 10.3 Å². The lowest BCUT2D eigenvalue weighted by Crippen LogP contribution is -2.38. The topological polar surface area (TPSA) is 66.5 Å². The van der Waals surface area contributed by atoms with Crippen LogP contribution in [0.4, 0.5) is 5.69 Å². The van der Waals surface area contributed by atoms with Crippen molar-refractivity contribution in [3.8, 4) is 0 Å². The summed E-state index contributed by atoms with van der Waals surface area (Å²) in [5, 5.41) is 2.96. The molecule has 0 atom stereocenters. The van der Waals surface area contributed by atoms with E-state index in [1.807, 2.05) is 24.3 Å². The SMILES string of the molecule is CN(C)S(=O)(=O)c1cccc(NC(=O)C2(c3ccc(Br)cc3)CCCC2)c1. The summed E-state index contributed by atoms with van der Waals surface area (Å²) >= 11 is 3.44. The quantitative estimate of drug-likeness (QED) is 0.743. The van der Waals surface area contributed by atoms with E-state index in [-0.39, 0.29) is 10.8 Å². The van der Waals surface area contributed by atoms with Gasteiger partial charge in [-0.3, -0.25) is 4.79 Å². The van der Waals surface area contributed by atoms with Crippen LogP contribution < -0.4 is 5.32 Å². The van der Waals surface area contributed by atoms with Crippen molar-refractivity contribution in [3.63, 3.8) is 0 Å². The minimum absolute atomic E-state index is 0.0817. The van der Waals surface area contributed by atoms with Gasteiger partial charge in [0.25, 0.3) is 0 Å². The molecule has 27 heavy (non-hydrogen) atoms. The molecule has 0 bridgehead atoms. The van der Waals surface area contributed by atoms with E-state index in [2.05, 4.69) is 21.2 Å². The first-order valence-corrected chi connectivity index (χ1v) is 11.1. The standard InChI is InChI=1S/C20H23BrN2O3S/c1-23(2)27(25,26)18-7-5-6-17(14-18)22-19(24)20(12-3-4-13-20)15-8-10-16(21)11-9-15/h5-11,14H,3-4,12-13H2,1-2H3,(H,22,24). The molecule has 2 aromatic carbocycles. The lowest BCUT2D eigenvalue weighted by molar-refractivity contribution is -0.121. The molecule has 7 heteroatoms. The number of hydrogen-bond donors (Lipinski definition) is 1. The van der Waals surface area contributed by atoms with Gasteiger partial charge in [0.15, 0.2) is 0 Å². The van der Waals surface area contributed by atoms with Crippen molar-refractivity contribution < 1.29 is 13.2 Å². The maximum Gasteiger partial charge on any atom is 0.242 e. The molecule has 3 rings (SSSR count). The predicted octanol–water partition coefficient (Wildman–Crippen LogP) is 4.15. The van der Waals surface area contributed by atoms with Gasteiger partial charge in [0.2, 0.25) is 15.9 Å². The van der Waals surface area contributed by atoms with Gasteiger partial charge in [-0.05, 0) is 48.7 Å². The van der Waals surface area contributed by atoms with Gasteiger partial charge in [-0.25, -0.2) is 12.7 Å². The zero-order valence-electron chi connectivity index (χ0n) is 15.4.